The highest BCUT2D eigenvalue weighted by molar-refractivity contribution is 5.76. The van der Waals surface area contributed by atoms with Crippen molar-refractivity contribution in [3.05, 3.63) is 89.1 Å². The number of hydrogen-bond acceptors (Lipinski definition) is 2. The molecule has 0 atom stereocenters. The van der Waals surface area contributed by atoms with Crippen LogP contribution >= 0.6 is 0 Å². The molecule has 2 aromatic rings. The Morgan fingerprint density at radius 1 is 1.04 bits per heavy atom. The van der Waals surface area contributed by atoms with E-state index in [4.69, 9.17) is 0 Å². The van der Waals surface area contributed by atoms with Crippen LogP contribution in [-0.4, -0.2) is 5.91 Å². The smallest absolute Gasteiger partial charge is 0.220 e. The van der Waals surface area contributed by atoms with Crippen molar-refractivity contribution in [3.63, 3.8) is 0 Å². The lowest BCUT2D eigenvalue weighted by atomic mass is 10.0. The molecule has 0 aliphatic heterocycles. The van der Waals surface area contributed by atoms with Crippen LogP contribution in [0.25, 0.3) is 5.57 Å². The molecular formula is C25H30N2O. The molecule has 0 aromatic heterocycles. The second-order valence-corrected chi connectivity index (χ2v) is 7.76. The number of nitrogens with one attached hydrogen (secondary N) is 2. The average Bonchev–Trinajstić information content (AvgIpc) is 3.50. The summed E-state index contributed by atoms with van der Waals surface area (Å²) < 4.78 is 0. The van der Waals surface area contributed by atoms with Gasteiger partial charge in [0.15, 0.2) is 0 Å². The minimum absolute atomic E-state index is 0.169. The van der Waals surface area contributed by atoms with E-state index in [-0.39, 0.29) is 5.91 Å². The summed E-state index contributed by atoms with van der Waals surface area (Å²) >= 11 is 0. The lowest BCUT2D eigenvalue weighted by molar-refractivity contribution is -0.121. The molecule has 0 heterocycles. The third kappa shape index (κ3) is 6.12. The van der Waals surface area contributed by atoms with E-state index in [2.05, 4.69) is 73.5 Å². The molecule has 28 heavy (non-hydrogen) atoms. The predicted octanol–water partition coefficient (Wildman–Crippen LogP) is 5.12. The Balaban J connectivity index is 1.46. The lowest BCUT2D eigenvalue weighted by Crippen LogP contribution is -2.22. The van der Waals surface area contributed by atoms with E-state index < -0.39 is 0 Å². The van der Waals surface area contributed by atoms with Crippen molar-refractivity contribution in [2.75, 3.05) is 0 Å². The fraction of sp³-hybridized carbons (Fsp3) is 0.320. The molecule has 1 fully saturated rings. The van der Waals surface area contributed by atoms with E-state index in [0.29, 0.717) is 18.9 Å². The van der Waals surface area contributed by atoms with Crippen LogP contribution in [0.4, 0.5) is 0 Å². The highest BCUT2D eigenvalue weighted by Crippen LogP contribution is 2.32. The van der Waals surface area contributed by atoms with E-state index in [1.54, 1.807) is 0 Å². The van der Waals surface area contributed by atoms with Crippen molar-refractivity contribution in [2.45, 2.75) is 46.2 Å². The number of rotatable bonds is 9. The fourth-order valence-corrected chi connectivity index (χ4v) is 3.20. The Morgan fingerprint density at radius 3 is 2.25 bits per heavy atom. The second-order valence-electron chi connectivity index (χ2n) is 7.76. The zero-order valence-electron chi connectivity index (χ0n) is 16.9. The zero-order chi connectivity index (χ0) is 19.9. The number of aryl methyl sites for hydroxylation is 1. The summed E-state index contributed by atoms with van der Waals surface area (Å²) in [5.74, 6) is 0.800. The molecule has 1 saturated carbocycles. The van der Waals surface area contributed by atoms with Crippen molar-refractivity contribution in [2.24, 2.45) is 5.92 Å². The molecule has 0 bridgehead atoms. The molecule has 3 nitrogen and oxygen atoms in total. The fourth-order valence-electron chi connectivity index (χ4n) is 3.20. The molecule has 1 aliphatic rings. The van der Waals surface area contributed by atoms with E-state index in [0.717, 1.165) is 23.4 Å². The summed E-state index contributed by atoms with van der Waals surface area (Å²) in [4.78, 5) is 11.8. The summed E-state index contributed by atoms with van der Waals surface area (Å²) in [5.41, 5.74) is 6.86. The first-order valence-electron chi connectivity index (χ1n) is 10.0. The van der Waals surface area contributed by atoms with Gasteiger partial charge in [0.05, 0.1) is 0 Å². The molecule has 0 spiro atoms. The van der Waals surface area contributed by atoms with Crippen molar-refractivity contribution in [3.8, 4) is 0 Å². The molecule has 0 saturated heterocycles. The molecule has 0 radical (unpaired) electrons. The van der Waals surface area contributed by atoms with Crippen LogP contribution < -0.4 is 10.6 Å². The van der Waals surface area contributed by atoms with Gasteiger partial charge >= 0.3 is 0 Å². The highest BCUT2D eigenvalue weighted by Gasteiger charge is 2.23. The quantitative estimate of drug-likeness (QED) is 0.598. The maximum Gasteiger partial charge on any atom is 0.220 e. The molecule has 0 unspecified atom stereocenters. The van der Waals surface area contributed by atoms with E-state index in [9.17, 15) is 4.79 Å². The maximum absolute atomic E-state index is 11.8. The molecule has 1 aliphatic carbocycles. The van der Waals surface area contributed by atoms with Crippen molar-refractivity contribution >= 4 is 11.5 Å². The first-order chi connectivity index (χ1) is 13.5. The number of benzene rings is 2. The van der Waals surface area contributed by atoms with Crippen molar-refractivity contribution < 1.29 is 4.79 Å². The first-order valence-corrected chi connectivity index (χ1v) is 10.0. The third-order valence-electron chi connectivity index (χ3n) is 5.14. The van der Waals surface area contributed by atoms with E-state index in [1.807, 2.05) is 12.1 Å². The summed E-state index contributed by atoms with van der Waals surface area (Å²) in [7, 11) is 0. The number of hydrogen-bond donors (Lipinski definition) is 2. The van der Waals surface area contributed by atoms with Gasteiger partial charge in [-0.05, 0) is 66.5 Å². The van der Waals surface area contributed by atoms with Gasteiger partial charge in [-0.25, -0.2) is 0 Å². The Morgan fingerprint density at radius 2 is 1.64 bits per heavy atom. The van der Waals surface area contributed by atoms with Crippen LogP contribution in [0.2, 0.25) is 0 Å². The van der Waals surface area contributed by atoms with E-state index >= 15 is 0 Å². The zero-order valence-corrected chi connectivity index (χ0v) is 16.9. The van der Waals surface area contributed by atoms with Gasteiger partial charge in [0.2, 0.25) is 5.91 Å². The topological polar surface area (TPSA) is 41.1 Å². The van der Waals surface area contributed by atoms with Crippen LogP contribution in [0.5, 0.6) is 0 Å². The van der Waals surface area contributed by atoms with Crippen LogP contribution in [0, 0.1) is 12.8 Å². The molecule has 1 amide bonds. The minimum atomic E-state index is 0.169. The van der Waals surface area contributed by atoms with Crippen LogP contribution in [0.3, 0.4) is 0 Å². The summed E-state index contributed by atoms with van der Waals surface area (Å²) in [6, 6.07) is 16.7. The maximum atomic E-state index is 11.8. The van der Waals surface area contributed by atoms with Crippen molar-refractivity contribution in [1.82, 2.24) is 10.6 Å². The van der Waals surface area contributed by atoms with Crippen LogP contribution in [0.1, 0.15) is 48.4 Å². The second kappa shape index (κ2) is 9.41. The monoisotopic (exact) mass is 374 g/mol. The highest BCUT2D eigenvalue weighted by atomic mass is 16.1. The Labute approximate surface area is 168 Å². The first kappa shape index (κ1) is 19.9. The van der Waals surface area contributed by atoms with E-state index in [1.165, 1.54) is 29.5 Å². The largest absolute Gasteiger partial charge is 0.384 e. The number of allylic oxidation sites excluding steroid dienone is 3. The van der Waals surface area contributed by atoms with Gasteiger partial charge in [-0.2, -0.15) is 0 Å². The summed E-state index contributed by atoms with van der Waals surface area (Å²) in [5, 5.41) is 6.46. The number of amides is 1. The number of carbonyl (C=O) groups excluding carboxylic acids is 1. The normalized spacial score (nSPS) is 13.9. The van der Waals surface area contributed by atoms with Crippen LogP contribution in [0.15, 0.2) is 66.9 Å². The molecule has 2 aromatic carbocycles. The molecule has 2 N–H and O–H groups in total. The van der Waals surface area contributed by atoms with Gasteiger partial charge in [0.1, 0.15) is 0 Å². The van der Waals surface area contributed by atoms with Gasteiger partial charge in [0, 0.05) is 25.2 Å². The van der Waals surface area contributed by atoms with Gasteiger partial charge in [-0.3, -0.25) is 4.79 Å². The molecule has 3 heteroatoms. The third-order valence-corrected chi connectivity index (χ3v) is 5.14. The van der Waals surface area contributed by atoms with Gasteiger partial charge in [0.25, 0.3) is 0 Å². The summed E-state index contributed by atoms with van der Waals surface area (Å²) in [6.45, 7) is 9.73. The van der Waals surface area contributed by atoms with Gasteiger partial charge in [-0.1, -0.05) is 55.1 Å². The standard InChI is InChI=1S/C25H30N2O/c1-18-6-4-5-7-24(18)19(2)14-20(3)26-16-22-10-12-23(13-11-22)17-27-25(28)15-21-8-9-21/h4-7,10-14,21,26H,2,8-9,15-17H2,1,3H3,(H,27,28)/b20-14+. The molecule has 146 valence electrons. The molecule has 3 rings (SSSR count). The number of carbonyl (C=O) groups is 1. The van der Waals surface area contributed by atoms with Crippen LogP contribution in [-0.2, 0) is 17.9 Å². The average molecular weight is 375 g/mol. The van der Waals surface area contributed by atoms with Crippen molar-refractivity contribution in [1.29, 1.82) is 0 Å². The SMILES string of the molecule is C=C(/C=C(\C)NCc1ccc(CNC(=O)CC2CC2)cc1)c1ccccc1C. The Hall–Kier alpha value is -2.81. The van der Waals surface area contributed by atoms with Gasteiger partial charge < -0.3 is 10.6 Å². The Bertz CT molecular complexity index is 860. The summed E-state index contributed by atoms with van der Waals surface area (Å²) in [6.07, 6.45) is 5.19. The minimum Gasteiger partial charge on any atom is -0.384 e. The molecular weight excluding hydrogens is 344 g/mol. The predicted molar refractivity (Wildman–Crippen MR) is 116 cm³/mol. The Kier molecular flexibility index (Phi) is 6.70. The van der Waals surface area contributed by atoms with Gasteiger partial charge in [-0.15, -0.1) is 0 Å². The lowest BCUT2D eigenvalue weighted by Gasteiger charge is -2.10.